The van der Waals surface area contributed by atoms with Gasteiger partial charge in [-0.25, -0.2) is 9.97 Å². The van der Waals surface area contributed by atoms with Crippen LogP contribution in [0, 0.1) is 0 Å². The molecule has 1 aromatic heterocycles. The van der Waals surface area contributed by atoms with Gasteiger partial charge in [0.2, 0.25) is 11.8 Å². The first-order valence-electron chi connectivity index (χ1n) is 10.8. The summed E-state index contributed by atoms with van der Waals surface area (Å²) in [5, 5.41) is 3.24. The average Bonchev–Trinajstić information content (AvgIpc) is 3.17. The molecule has 0 aromatic carbocycles. The zero-order chi connectivity index (χ0) is 20.5. The standard InChI is InChI=1S/C21H32N6O2/c1-14(27-9-4-5-18(27)28)21(29)26-12-8-16-17(13-26)23-19(24-20(16)22-2)15-6-10-25(3)11-7-15/h14-15H,4-13H2,1-3H3,(H,22,23,24)/t14-/m1/s1. The second kappa shape index (κ2) is 8.26. The highest BCUT2D eigenvalue weighted by Crippen LogP contribution is 2.30. The third kappa shape index (κ3) is 3.95. The van der Waals surface area contributed by atoms with Gasteiger partial charge in [-0.1, -0.05) is 0 Å². The van der Waals surface area contributed by atoms with Gasteiger partial charge < -0.3 is 20.0 Å². The number of amides is 2. The molecule has 0 aliphatic carbocycles. The first-order valence-corrected chi connectivity index (χ1v) is 10.8. The van der Waals surface area contributed by atoms with Crippen LogP contribution >= 0.6 is 0 Å². The number of hydrogen-bond acceptors (Lipinski definition) is 6. The number of fused-ring (bicyclic) bond motifs is 1. The van der Waals surface area contributed by atoms with Crippen molar-refractivity contribution < 1.29 is 9.59 Å². The molecule has 2 saturated heterocycles. The lowest BCUT2D eigenvalue weighted by molar-refractivity contribution is -0.143. The molecule has 0 bridgehead atoms. The van der Waals surface area contributed by atoms with E-state index >= 15 is 0 Å². The van der Waals surface area contributed by atoms with Gasteiger partial charge in [0.05, 0.1) is 12.2 Å². The van der Waals surface area contributed by atoms with Crippen LogP contribution in [0.3, 0.4) is 0 Å². The Labute approximate surface area is 172 Å². The molecule has 2 amide bonds. The summed E-state index contributed by atoms with van der Waals surface area (Å²) in [6, 6.07) is -0.398. The molecule has 0 unspecified atom stereocenters. The fourth-order valence-electron chi connectivity index (χ4n) is 4.77. The second-order valence-electron chi connectivity index (χ2n) is 8.56. The minimum absolute atomic E-state index is 0.0244. The fraction of sp³-hybridized carbons (Fsp3) is 0.714. The van der Waals surface area contributed by atoms with E-state index in [2.05, 4.69) is 17.3 Å². The van der Waals surface area contributed by atoms with Gasteiger partial charge >= 0.3 is 0 Å². The number of carbonyl (C=O) groups excluding carboxylic acids is 2. The predicted molar refractivity (Wildman–Crippen MR) is 111 cm³/mol. The van der Waals surface area contributed by atoms with E-state index in [9.17, 15) is 9.59 Å². The Morgan fingerprint density at radius 3 is 2.55 bits per heavy atom. The molecule has 4 heterocycles. The number of aromatic nitrogens is 2. The molecule has 8 nitrogen and oxygen atoms in total. The van der Waals surface area contributed by atoms with E-state index in [0.717, 1.165) is 61.7 Å². The van der Waals surface area contributed by atoms with Crippen molar-refractivity contribution >= 4 is 17.6 Å². The maximum absolute atomic E-state index is 13.1. The topological polar surface area (TPSA) is 81.7 Å². The number of hydrogen-bond donors (Lipinski definition) is 1. The Bertz CT molecular complexity index is 790. The van der Waals surface area contributed by atoms with Gasteiger partial charge in [0.15, 0.2) is 0 Å². The Hall–Kier alpha value is -2.22. The van der Waals surface area contributed by atoms with Gasteiger partial charge in [-0.15, -0.1) is 0 Å². The highest BCUT2D eigenvalue weighted by atomic mass is 16.2. The summed E-state index contributed by atoms with van der Waals surface area (Å²) in [6.45, 7) is 5.80. The summed E-state index contributed by atoms with van der Waals surface area (Å²) in [4.78, 5) is 40.8. The van der Waals surface area contributed by atoms with Gasteiger partial charge in [0.1, 0.15) is 17.7 Å². The maximum atomic E-state index is 13.1. The minimum Gasteiger partial charge on any atom is -0.373 e. The normalized spacial score (nSPS) is 22.0. The van der Waals surface area contributed by atoms with E-state index < -0.39 is 6.04 Å². The van der Waals surface area contributed by atoms with Gasteiger partial charge in [0, 0.05) is 38.0 Å². The van der Waals surface area contributed by atoms with Crippen molar-refractivity contribution in [2.45, 2.75) is 57.5 Å². The van der Waals surface area contributed by atoms with Crippen LogP contribution in [0.1, 0.15) is 55.6 Å². The van der Waals surface area contributed by atoms with Gasteiger partial charge in [-0.3, -0.25) is 9.59 Å². The van der Waals surface area contributed by atoms with E-state index in [1.54, 1.807) is 4.90 Å². The van der Waals surface area contributed by atoms with E-state index in [-0.39, 0.29) is 11.8 Å². The van der Waals surface area contributed by atoms with Crippen molar-refractivity contribution in [1.29, 1.82) is 0 Å². The zero-order valence-electron chi connectivity index (χ0n) is 17.8. The monoisotopic (exact) mass is 400 g/mol. The molecule has 0 saturated carbocycles. The summed E-state index contributed by atoms with van der Waals surface area (Å²) >= 11 is 0. The molecule has 1 atom stereocenters. The molecule has 1 N–H and O–H groups in total. The van der Waals surface area contributed by atoms with Crippen molar-refractivity contribution in [3.63, 3.8) is 0 Å². The molecule has 1 aromatic rings. The molecular formula is C21H32N6O2. The van der Waals surface area contributed by atoms with Crippen molar-refractivity contribution in [2.24, 2.45) is 0 Å². The lowest BCUT2D eigenvalue weighted by Crippen LogP contribution is -2.49. The third-order valence-electron chi connectivity index (χ3n) is 6.65. The van der Waals surface area contributed by atoms with Crippen LogP contribution in [0.2, 0.25) is 0 Å². The molecule has 3 aliphatic rings. The number of carbonyl (C=O) groups is 2. The molecule has 3 aliphatic heterocycles. The maximum Gasteiger partial charge on any atom is 0.245 e. The lowest BCUT2D eigenvalue weighted by atomic mass is 9.95. The van der Waals surface area contributed by atoms with Crippen molar-refractivity contribution in [3.8, 4) is 0 Å². The molecule has 4 rings (SSSR count). The highest BCUT2D eigenvalue weighted by molar-refractivity contribution is 5.88. The molecule has 158 valence electrons. The van der Waals surface area contributed by atoms with Crippen LogP contribution in [-0.2, 0) is 22.6 Å². The molecular weight excluding hydrogens is 368 g/mol. The zero-order valence-corrected chi connectivity index (χ0v) is 17.8. The Kier molecular flexibility index (Phi) is 5.72. The van der Waals surface area contributed by atoms with Crippen LogP contribution in [-0.4, -0.2) is 82.8 Å². The Morgan fingerprint density at radius 2 is 1.90 bits per heavy atom. The van der Waals surface area contributed by atoms with Gasteiger partial charge in [0.25, 0.3) is 0 Å². The van der Waals surface area contributed by atoms with E-state index in [0.29, 0.717) is 32.0 Å². The van der Waals surface area contributed by atoms with Crippen LogP contribution in [0.25, 0.3) is 0 Å². The highest BCUT2D eigenvalue weighted by Gasteiger charge is 2.34. The molecule has 0 radical (unpaired) electrons. The molecule has 0 spiro atoms. The summed E-state index contributed by atoms with van der Waals surface area (Å²) in [5.41, 5.74) is 2.08. The number of nitrogens with zero attached hydrogens (tertiary/aromatic N) is 5. The number of likely N-dealkylation sites (tertiary alicyclic amines) is 2. The summed E-state index contributed by atoms with van der Waals surface area (Å²) in [5.74, 6) is 2.29. The third-order valence-corrected chi connectivity index (χ3v) is 6.65. The molecule has 29 heavy (non-hydrogen) atoms. The minimum atomic E-state index is -0.398. The number of piperidine rings is 1. The van der Waals surface area contributed by atoms with Crippen molar-refractivity contribution in [3.05, 3.63) is 17.1 Å². The van der Waals surface area contributed by atoms with Gasteiger partial charge in [-0.05, 0) is 52.7 Å². The van der Waals surface area contributed by atoms with Crippen molar-refractivity contribution in [1.82, 2.24) is 24.7 Å². The summed E-state index contributed by atoms with van der Waals surface area (Å²) < 4.78 is 0. The van der Waals surface area contributed by atoms with E-state index in [1.165, 1.54) is 0 Å². The van der Waals surface area contributed by atoms with Crippen LogP contribution < -0.4 is 5.32 Å². The van der Waals surface area contributed by atoms with Crippen LogP contribution in [0.15, 0.2) is 0 Å². The largest absolute Gasteiger partial charge is 0.373 e. The summed E-state index contributed by atoms with van der Waals surface area (Å²) in [7, 11) is 4.05. The smallest absolute Gasteiger partial charge is 0.245 e. The second-order valence-corrected chi connectivity index (χ2v) is 8.56. The van der Waals surface area contributed by atoms with E-state index in [4.69, 9.17) is 9.97 Å². The quantitative estimate of drug-likeness (QED) is 0.819. The number of nitrogens with one attached hydrogen (secondary N) is 1. The first kappa shape index (κ1) is 20.1. The molecule has 2 fully saturated rings. The van der Waals surface area contributed by atoms with Crippen molar-refractivity contribution in [2.75, 3.05) is 45.6 Å². The van der Waals surface area contributed by atoms with Crippen LogP contribution in [0.5, 0.6) is 0 Å². The van der Waals surface area contributed by atoms with Crippen LogP contribution in [0.4, 0.5) is 5.82 Å². The SMILES string of the molecule is CNc1nc(C2CCN(C)CC2)nc2c1CCN(C(=O)[C@@H](C)N1CCCC1=O)C2. The number of rotatable bonds is 4. The Morgan fingerprint density at radius 1 is 1.14 bits per heavy atom. The predicted octanol–water partition coefficient (Wildman–Crippen LogP) is 1.22. The van der Waals surface area contributed by atoms with E-state index in [1.807, 2.05) is 18.9 Å². The van der Waals surface area contributed by atoms with Gasteiger partial charge in [-0.2, -0.15) is 0 Å². The lowest BCUT2D eigenvalue weighted by Gasteiger charge is -2.34. The first-order chi connectivity index (χ1) is 14.0. The average molecular weight is 401 g/mol. The number of anilines is 1. The molecule has 8 heteroatoms. The summed E-state index contributed by atoms with van der Waals surface area (Å²) in [6.07, 6.45) is 4.27. The Balaban J connectivity index is 1.53. The fourth-order valence-corrected chi connectivity index (χ4v) is 4.77.